The van der Waals surface area contributed by atoms with E-state index in [0.29, 0.717) is 18.1 Å². The highest BCUT2D eigenvalue weighted by molar-refractivity contribution is 5.50. The van der Waals surface area contributed by atoms with Gasteiger partial charge in [0.15, 0.2) is 11.6 Å². The second-order valence-corrected chi connectivity index (χ2v) is 3.54. The van der Waals surface area contributed by atoms with Gasteiger partial charge in [-0.2, -0.15) is 0 Å². The Labute approximate surface area is 99.9 Å². The average molecular weight is 230 g/mol. The summed E-state index contributed by atoms with van der Waals surface area (Å²) >= 11 is 0. The molecule has 0 saturated carbocycles. The zero-order valence-corrected chi connectivity index (χ0v) is 9.55. The number of nitrogens with one attached hydrogen (secondary N) is 1. The third-order valence-corrected chi connectivity index (χ3v) is 2.43. The van der Waals surface area contributed by atoms with Gasteiger partial charge in [0.25, 0.3) is 0 Å². The fourth-order valence-electron chi connectivity index (χ4n) is 1.53. The van der Waals surface area contributed by atoms with Crippen molar-refractivity contribution in [3.05, 3.63) is 48.2 Å². The molecule has 0 aliphatic carbocycles. The van der Waals surface area contributed by atoms with Crippen LogP contribution in [0.15, 0.2) is 42.6 Å². The minimum atomic E-state index is 0.273. The lowest BCUT2D eigenvalue weighted by atomic mass is 10.2. The predicted octanol–water partition coefficient (Wildman–Crippen LogP) is 2.41. The number of phenolic OH excluding ortho intramolecular Hbond substituents is 1. The van der Waals surface area contributed by atoms with Crippen LogP contribution >= 0.6 is 0 Å². The Morgan fingerprint density at radius 2 is 2.06 bits per heavy atom. The molecule has 0 aliphatic heterocycles. The van der Waals surface area contributed by atoms with Gasteiger partial charge in [0, 0.05) is 18.3 Å². The number of ether oxygens (including phenoxy) is 1. The van der Waals surface area contributed by atoms with Crippen LogP contribution in [0.5, 0.6) is 11.5 Å². The molecule has 1 aromatic carbocycles. The fourth-order valence-corrected chi connectivity index (χ4v) is 1.53. The van der Waals surface area contributed by atoms with Crippen LogP contribution in [0.2, 0.25) is 0 Å². The molecule has 17 heavy (non-hydrogen) atoms. The Morgan fingerprint density at radius 3 is 2.82 bits per heavy atom. The van der Waals surface area contributed by atoms with Crippen LogP contribution in [0.1, 0.15) is 5.56 Å². The van der Waals surface area contributed by atoms with E-state index in [1.807, 2.05) is 24.3 Å². The van der Waals surface area contributed by atoms with Gasteiger partial charge in [0.2, 0.25) is 0 Å². The zero-order chi connectivity index (χ0) is 12.1. The zero-order valence-electron chi connectivity index (χ0n) is 9.55. The summed E-state index contributed by atoms with van der Waals surface area (Å²) < 4.78 is 5.18. The van der Waals surface area contributed by atoms with E-state index in [1.165, 1.54) is 0 Å². The Kier molecular flexibility index (Phi) is 3.45. The monoisotopic (exact) mass is 230 g/mol. The van der Waals surface area contributed by atoms with E-state index in [-0.39, 0.29) is 5.75 Å². The first-order chi connectivity index (χ1) is 8.31. The van der Waals surface area contributed by atoms with Crippen LogP contribution in [-0.4, -0.2) is 17.2 Å². The third kappa shape index (κ3) is 2.66. The van der Waals surface area contributed by atoms with Crippen molar-refractivity contribution in [1.82, 2.24) is 4.98 Å². The van der Waals surface area contributed by atoms with Gasteiger partial charge in [-0.3, -0.25) is 0 Å². The van der Waals surface area contributed by atoms with Crippen molar-refractivity contribution in [2.75, 3.05) is 12.4 Å². The normalized spacial score (nSPS) is 9.94. The summed E-state index contributed by atoms with van der Waals surface area (Å²) in [7, 11) is 1.60. The number of phenols is 1. The van der Waals surface area contributed by atoms with Crippen molar-refractivity contribution in [3.8, 4) is 11.5 Å². The molecule has 0 amide bonds. The third-order valence-electron chi connectivity index (χ3n) is 2.43. The number of para-hydroxylation sites is 1. The molecule has 4 nitrogen and oxygen atoms in total. The van der Waals surface area contributed by atoms with Gasteiger partial charge in [-0.15, -0.1) is 0 Å². The maximum absolute atomic E-state index is 9.62. The van der Waals surface area contributed by atoms with E-state index in [4.69, 9.17) is 4.74 Å². The summed E-state index contributed by atoms with van der Waals surface area (Å²) in [6, 6.07) is 10.8. The number of nitrogens with zero attached hydrogens (tertiary/aromatic N) is 1. The van der Waals surface area contributed by atoms with Gasteiger partial charge >= 0.3 is 0 Å². The Bertz CT molecular complexity index is 500. The van der Waals surface area contributed by atoms with Crippen LogP contribution in [0, 0.1) is 0 Å². The maximum Gasteiger partial charge on any atom is 0.169 e. The lowest BCUT2D eigenvalue weighted by Gasteiger charge is -2.10. The fraction of sp³-hybridized carbons (Fsp3) is 0.154. The van der Waals surface area contributed by atoms with E-state index in [2.05, 4.69) is 10.3 Å². The maximum atomic E-state index is 9.62. The summed E-state index contributed by atoms with van der Waals surface area (Å²) in [4.78, 5) is 4.18. The molecule has 2 N–H and O–H groups in total. The van der Waals surface area contributed by atoms with Crippen LogP contribution < -0.4 is 10.1 Å². The van der Waals surface area contributed by atoms with E-state index in [9.17, 15) is 5.11 Å². The minimum absolute atomic E-state index is 0.273. The Balaban J connectivity index is 2.10. The molecule has 0 saturated heterocycles. The Hall–Kier alpha value is -2.23. The van der Waals surface area contributed by atoms with Crippen molar-refractivity contribution < 1.29 is 9.84 Å². The molecule has 0 aliphatic rings. The summed E-state index contributed by atoms with van der Waals surface area (Å²) in [6.07, 6.45) is 1.69. The summed E-state index contributed by atoms with van der Waals surface area (Å²) in [5.41, 5.74) is 0.820. The molecule has 2 rings (SSSR count). The number of aromatic hydroxyl groups is 1. The topological polar surface area (TPSA) is 54.4 Å². The molecule has 2 aromatic rings. The first-order valence-electron chi connectivity index (χ1n) is 5.31. The standard InChI is InChI=1S/C13H14N2O2/c1-17-12-7-4-8-14-13(12)15-9-10-5-2-3-6-11(10)16/h2-8,16H,9H2,1H3,(H,14,15). The molecular weight excluding hydrogens is 216 g/mol. The lowest BCUT2D eigenvalue weighted by molar-refractivity contribution is 0.414. The SMILES string of the molecule is COc1cccnc1NCc1ccccc1O. The summed E-state index contributed by atoms with van der Waals surface area (Å²) in [5.74, 6) is 1.62. The molecule has 0 bridgehead atoms. The molecule has 0 spiro atoms. The number of methoxy groups -OCH3 is 1. The smallest absolute Gasteiger partial charge is 0.169 e. The number of anilines is 1. The van der Waals surface area contributed by atoms with Crippen LogP contribution in [0.25, 0.3) is 0 Å². The predicted molar refractivity (Wildman–Crippen MR) is 66.2 cm³/mol. The molecule has 0 radical (unpaired) electrons. The second kappa shape index (κ2) is 5.21. The Morgan fingerprint density at radius 1 is 1.24 bits per heavy atom. The number of hydrogen-bond donors (Lipinski definition) is 2. The highest BCUT2D eigenvalue weighted by Crippen LogP contribution is 2.22. The van der Waals surface area contributed by atoms with Crippen LogP contribution in [-0.2, 0) is 6.54 Å². The van der Waals surface area contributed by atoms with E-state index in [0.717, 1.165) is 5.56 Å². The van der Waals surface area contributed by atoms with Crippen LogP contribution in [0.4, 0.5) is 5.82 Å². The average Bonchev–Trinajstić information content (AvgIpc) is 2.38. The molecular formula is C13H14N2O2. The van der Waals surface area contributed by atoms with Crippen molar-refractivity contribution in [1.29, 1.82) is 0 Å². The summed E-state index contributed by atoms with van der Waals surface area (Å²) in [6.45, 7) is 0.500. The van der Waals surface area contributed by atoms with Crippen molar-refractivity contribution in [2.45, 2.75) is 6.54 Å². The van der Waals surface area contributed by atoms with Crippen molar-refractivity contribution in [2.24, 2.45) is 0 Å². The first-order valence-corrected chi connectivity index (χ1v) is 5.31. The molecule has 0 atom stereocenters. The largest absolute Gasteiger partial charge is 0.508 e. The van der Waals surface area contributed by atoms with E-state index < -0.39 is 0 Å². The number of benzene rings is 1. The van der Waals surface area contributed by atoms with E-state index >= 15 is 0 Å². The van der Waals surface area contributed by atoms with E-state index in [1.54, 1.807) is 25.4 Å². The quantitative estimate of drug-likeness (QED) is 0.846. The van der Waals surface area contributed by atoms with Crippen molar-refractivity contribution in [3.63, 3.8) is 0 Å². The molecule has 0 unspecified atom stereocenters. The molecule has 1 heterocycles. The minimum Gasteiger partial charge on any atom is -0.508 e. The molecule has 88 valence electrons. The number of hydrogen-bond acceptors (Lipinski definition) is 4. The number of aromatic nitrogens is 1. The van der Waals surface area contributed by atoms with Gasteiger partial charge in [-0.25, -0.2) is 4.98 Å². The highest BCUT2D eigenvalue weighted by atomic mass is 16.5. The summed E-state index contributed by atoms with van der Waals surface area (Å²) in [5, 5.41) is 12.7. The van der Waals surface area contributed by atoms with Crippen molar-refractivity contribution >= 4 is 5.82 Å². The van der Waals surface area contributed by atoms with Gasteiger partial charge in [-0.1, -0.05) is 18.2 Å². The number of rotatable bonds is 4. The molecule has 1 aromatic heterocycles. The van der Waals surface area contributed by atoms with Gasteiger partial charge in [0.1, 0.15) is 5.75 Å². The van der Waals surface area contributed by atoms with Crippen LogP contribution in [0.3, 0.4) is 0 Å². The molecule has 0 fully saturated rings. The first kappa shape index (κ1) is 11.3. The molecule has 4 heteroatoms. The second-order valence-electron chi connectivity index (χ2n) is 3.54. The van der Waals surface area contributed by atoms with Gasteiger partial charge in [-0.05, 0) is 18.2 Å². The number of pyridine rings is 1. The van der Waals surface area contributed by atoms with Gasteiger partial charge in [0.05, 0.1) is 7.11 Å². The van der Waals surface area contributed by atoms with Gasteiger partial charge < -0.3 is 15.2 Å². The lowest BCUT2D eigenvalue weighted by Crippen LogP contribution is -2.03. The highest BCUT2D eigenvalue weighted by Gasteiger charge is 2.04.